The van der Waals surface area contributed by atoms with Gasteiger partial charge in [-0.1, -0.05) is 28.1 Å². The second-order valence-electron chi connectivity index (χ2n) is 5.81. The first-order chi connectivity index (χ1) is 12.3. The number of hydrogen-bond acceptors (Lipinski definition) is 4. The maximum absolute atomic E-state index is 12.1. The van der Waals surface area contributed by atoms with Gasteiger partial charge in [0.1, 0.15) is 11.5 Å². The normalized spacial score (nSPS) is 11.4. The molecule has 0 fully saturated rings. The lowest BCUT2D eigenvalue weighted by Gasteiger charge is -2.17. The summed E-state index contributed by atoms with van der Waals surface area (Å²) in [5.41, 5.74) is 6.61. The zero-order chi connectivity index (χ0) is 19.1. The van der Waals surface area contributed by atoms with E-state index in [-0.39, 0.29) is 6.61 Å². The van der Waals surface area contributed by atoms with E-state index in [2.05, 4.69) is 26.8 Å². The van der Waals surface area contributed by atoms with Crippen LogP contribution < -0.4 is 20.3 Å². The zero-order valence-electron chi connectivity index (χ0n) is 14.8. The van der Waals surface area contributed by atoms with E-state index < -0.39 is 17.9 Å². The second-order valence-corrected chi connectivity index (χ2v) is 6.72. The van der Waals surface area contributed by atoms with Crippen LogP contribution in [0.1, 0.15) is 18.1 Å². The molecule has 2 rings (SSSR count). The Morgan fingerprint density at radius 1 is 1.08 bits per heavy atom. The van der Waals surface area contributed by atoms with Gasteiger partial charge in [-0.3, -0.25) is 20.4 Å². The molecule has 0 saturated carbocycles. The van der Waals surface area contributed by atoms with Crippen LogP contribution in [0.15, 0.2) is 46.9 Å². The Kier molecular flexibility index (Phi) is 7.03. The molecule has 2 aromatic rings. The Morgan fingerprint density at radius 2 is 1.77 bits per heavy atom. The first kappa shape index (κ1) is 19.8. The van der Waals surface area contributed by atoms with Crippen LogP contribution in [-0.2, 0) is 9.59 Å². The summed E-state index contributed by atoms with van der Waals surface area (Å²) in [7, 11) is 0. The molecule has 0 aromatic heterocycles. The number of ether oxygens (including phenoxy) is 2. The highest BCUT2D eigenvalue weighted by atomic mass is 79.9. The Hall–Kier alpha value is -2.54. The number of nitrogens with one attached hydrogen (secondary N) is 2. The van der Waals surface area contributed by atoms with Crippen molar-refractivity contribution in [2.24, 2.45) is 0 Å². The Bertz CT molecular complexity index is 778. The molecule has 2 N–H and O–H groups in total. The monoisotopic (exact) mass is 420 g/mol. The summed E-state index contributed by atoms with van der Waals surface area (Å²) in [6, 6.07) is 12.8. The lowest BCUT2D eigenvalue weighted by atomic mass is 10.1. The summed E-state index contributed by atoms with van der Waals surface area (Å²) in [6.45, 7) is 5.25. The predicted molar refractivity (Wildman–Crippen MR) is 102 cm³/mol. The molecular weight excluding hydrogens is 400 g/mol. The van der Waals surface area contributed by atoms with Crippen molar-refractivity contribution in [3.05, 3.63) is 58.1 Å². The van der Waals surface area contributed by atoms with Gasteiger partial charge in [-0.25, -0.2) is 0 Å². The second kappa shape index (κ2) is 9.24. The molecule has 2 aromatic carbocycles. The molecule has 0 heterocycles. The minimum absolute atomic E-state index is 0.214. The predicted octanol–water partition coefficient (Wildman–Crippen LogP) is 3.06. The standard InChI is InChI=1S/C19H21BrN2O4/c1-12-4-5-13(2)17(10-12)26-14(3)19(24)22-21-18(23)11-25-16-8-6-15(20)7-9-16/h4-10,14H,11H2,1-3H3,(H,21,23)(H,22,24). The van der Waals surface area contributed by atoms with Crippen LogP contribution in [0.3, 0.4) is 0 Å². The minimum atomic E-state index is -0.761. The van der Waals surface area contributed by atoms with E-state index in [1.807, 2.05) is 32.0 Å². The van der Waals surface area contributed by atoms with E-state index in [1.165, 1.54) is 0 Å². The molecule has 6 nitrogen and oxygen atoms in total. The molecule has 0 aliphatic rings. The molecule has 7 heteroatoms. The molecule has 0 aliphatic carbocycles. The maximum Gasteiger partial charge on any atom is 0.279 e. The van der Waals surface area contributed by atoms with Gasteiger partial charge in [0.15, 0.2) is 12.7 Å². The van der Waals surface area contributed by atoms with Gasteiger partial charge < -0.3 is 9.47 Å². The number of hydrazine groups is 1. The van der Waals surface area contributed by atoms with Crippen molar-refractivity contribution in [2.75, 3.05) is 6.61 Å². The van der Waals surface area contributed by atoms with Crippen LogP contribution in [0.25, 0.3) is 0 Å². The Labute approximate surface area is 161 Å². The molecule has 138 valence electrons. The number of benzene rings is 2. The van der Waals surface area contributed by atoms with Crippen LogP contribution >= 0.6 is 15.9 Å². The van der Waals surface area contributed by atoms with Gasteiger partial charge in [0.25, 0.3) is 11.8 Å². The summed E-state index contributed by atoms with van der Waals surface area (Å²) in [6.07, 6.45) is -0.761. The maximum atomic E-state index is 12.1. The van der Waals surface area contributed by atoms with Gasteiger partial charge in [0.05, 0.1) is 0 Å². The van der Waals surface area contributed by atoms with Gasteiger partial charge in [0, 0.05) is 4.47 Å². The topological polar surface area (TPSA) is 76.7 Å². The summed E-state index contributed by atoms with van der Waals surface area (Å²) in [5.74, 6) is 0.266. The number of halogens is 1. The molecule has 26 heavy (non-hydrogen) atoms. The highest BCUT2D eigenvalue weighted by molar-refractivity contribution is 9.10. The molecule has 0 bridgehead atoms. The van der Waals surface area contributed by atoms with Crippen molar-refractivity contribution in [1.29, 1.82) is 0 Å². The molecule has 1 atom stereocenters. The Balaban J connectivity index is 1.77. The van der Waals surface area contributed by atoms with Crippen LogP contribution in [0.4, 0.5) is 0 Å². The molecule has 0 spiro atoms. The van der Waals surface area contributed by atoms with E-state index in [0.29, 0.717) is 11.5 Å². The molecule has 2 amide bonds. The molecule has 0 saturated heterocycles. The van der Waals surface area contributed by atoms with Crippen molar-refractivity contribution < 1.29 is 19.1 Å². The molecule has 1 unspecified atom stereocenters. The van der Waals surface area contributed by atoms with Crippen LogP contribution in [0, 0.1) is 13.8 Å². The number of amides is 2. The minimum Gasteiger partial charge on any atom is -0.484 e. The number of carbonyl (C=O) groups excluding carboxylic acids is 2. The third-order valence-corrected chi connectivity index (χ3v) is 4.05. The average molecular weight is 421 g/mol. The van der Waals surface area contributed by atoms with E-state index in [4.69, 9.17) is 9.47 Å². The van der Waals surface area contributed by atoms with E-state index in [9.17, 15) is 9.59 Å². The largest absolute Gasteiger partial charge is 0.484 e. The fourth-order valence-corrected chi connectivity index (χ4v) is 2.29. The lowest BCUT2D eigenvalue weighted by molar-refractivity contribution is -0.133. The van der Waals surface area contributed by atoms with Gasteiger partial charge >= 0.3 is 0 Å². The van der Waals surface area contributed by atoms with Gasteiger partial charge in [0.2, 0.25) is 0 Å². The van der Waals surface area contributed by atoms with Gasteiger partial charge in [-0.15, -0.1) is 0 Å². The van der Waals surface area contributed by atoms with Crippen molar-refractivity contribution in [3.63, 3.8) is 0 Å². The third-order valence-electron chi connectivity index (χ3n) is 3.53. The fraction of sp³-hybridized carbons (Fsp3) is 0.263. The smallest absolute Gasteiger partial charge is 0.279 e. The van der Waals surface area contributed by atoms with Crippen LogP contribution in [0.2, 0.25) is 0 Å². The van der Waals surface area contributed by atoms with Gasteiger partial charge in [-0.2, -0.15) is 0 Å². The Morgan fingerprint density at radius 3 is 2.46 bits per heavy atom. The number of carbonyl (C=O) groups is 2. The fourth-order valence-electron chi connectivity index (χ4n) is 2.03. The number of aryl methyl sites for hydroxylation is 2. The van der Waals surface area contributed by atoms with Crippen molar-refractivity contribution >= 4 is 27.7 Å². The summed E-state index contributed by atoms with van der Waals surface area (Å²) in [4.78, 5) is 23.8. The first-order valence-corrected chi connectivity index (χ1v) is 8.85. The van der Waals surface area contributed by atoms with Crippen molar-refractivity contribution in [2.45, 2.75) is 26.9 Å². The summed E-state index contributed by atoms with van der Waals surface area (Å²) in [5, 5.41) is 0. The molecule has 0 radical (unpaired) electrons. The highest BCUT2D eigenvalue weighted by Crippen LogP contribution is 2.20. The number of rotatable bonds is 6. The van der Waals surface area contributed by atoms with E-state index in [1.54, 1.807) is 31.2 Å². The third kappa shape index (κ3) is 6.07. The SMILES string of the molecule is Cc1ccc(C)c(OC(C)C(=O)NNC(=O)COc2ccc(Br)cc2)c1. The van der Waals surface area contributed by atoms with Crippen LogP contribution in [0.5, 0.6) is 11.5 Å². The summed E-state index contributed by atoms with van der Waals surface area (Å²) >= 11 is 3.32. The zero-order valence-corrected chi connectivity index (χ0v) is 16.4. The van der Waals surface area contributed by atoms with Gasteiger partial charge in [-0.05, 0) is 62.2 Å². The van der Waals surface area contributed by atoms with Crippen LogP contribution in [-0.4, -0.2) is 24.5 Å². The average Bonchev–Trinajstić information content (AvgIpc) is 2.62. The van der Waals surface area contributed by atoms with E-state index in [0.717, 1.165) is 15.6 Å². The quantitative estimate of drug-likeness (QED) is 0.703. The van der Waals surface area contributed by atoms with Crippen molar-refractivity contribution in [3.8, 4) is 11.5 Å². The molecular formula is C19H21BrN2O4. The number of hydrogen-bond donors (Lipinski definition) is 2. The first-order valence-electron chi connectivity index (χ1n) is 8.06. The van der Waals surface area contributed by atoms with Crippen molar-refractivity contribution in [1.82, 2.24) is 10.9 Å². The summed E-state index contributed by atoms with van der Waals surface area (Å²) < 4.78 is 11.9. The highest BCUT2D eigenvalue weighted by Gasteiger charge is 2.16. The molecule has 0 aliphatic heterocycles. The lowest BCUT2D eigenvalue weighted by Crippen LogP contribution is -2.48. The van der Waals surface area contributed by atoms with E-state index >= 15 is 0 Å².